The molecule has 0 aliphatic carbocycles. The van der Waals surface area contributed by atoms with Gasteiger partial charge in [0.25, 0.3) is 5.91 Å². The van der Waals surface area contributed by atoms with Crippen LogP contribution in [0.15, 0.2) is 18.2 Å². The molecule has 1 amide bonds. The molecule has 3 nitrogen and oxygen atoms in total. The van der Waals surface area contributed by atoms with Gasteiger partial charge in [-0.15, -0.1) is 0 Å². The summed E-state index contributed by atoms with van der Waals surface area (Å²) in [5, 5.41) is 0. The summed E-state index contributed by atoms with van der Waals surface area (Å²) in [4.78, 5) is 17.7. The van der Waals surface area contributed by atoms with E-state index in [2.05, 4.69) is 18.8 Å². The molecule has 0 radical (unpaired) electrons. The van der Waals surface area contributed by atoms with Gasteiger partial charge in [-0.1, -0.05) is 19.9 Å². The Morgan fingerprint density at radius 2 is 2.17 bits per heavy atom. The molecule has 0 unspecified atom stereocenters. The summed E-state index contributed by atoms with van der Waals surface area (Å²) in [5.41, 5.74) is 0.446. The third-order valence-corrected chi connectivity index (χ3v) is 4.16. The highest BCUT2D eigenvalue weighted by atomic mass is 19.1. The highest BCUT2D eigenvalue weighted by Gasteiger charge is 2.37. The van der Waals surface area contributed by atoms with E-state index in [0.717, 1.165) is 32.4 Å². The fraction of sp³-hybridized carbons (Fsp3) is 0.571. The number of hydrogen-bond acceptors (Lipinski definition) is 2. The molecular formula is C14H19FN2O. The van der Waals surface area contributed by atoms with Crippen LogP contribution < -0.4 is 0 Å². The predicted octanol–water partition coefficient (Wildman–Crippen LogP) is 2.87. The van der Waals surface area contributed by atoms with E-state index in [1.807, 2.05) is 0 Å². The molecule has 4 heteroatoms. The number of hydrogen-bond donors (Lipinski definition) is 0. The van der Waals surface area contributed by atoms with E-state index < -0.39 is 5.95 Å². The van der Waals surface area contributed by atoms with Crippen LogP contribution in [-0.4, -0.2) is 28.9 Å². The Balaban J connectivity index is 2.12. The van der Waals surface area contributed by atoms with Gasteiger partial charge in [-0.3, -0.25) is 4.79 Å². The molecule has 0 saturated carbocycles. The lowest BCUT2D eigenvalue weighted by Crippen LogP contribution is -2.32. The van der Waals surface area contributed by atoms with Crippen molar-refractivity contribution in [1.82, 2.24) is 9.88 Å². The molecule has 0 aromatic carbocycles. The minimum absolute atomic E-state index is 0.154. The molecule has 98 valence electrons. The van der Waals surface area contributed by atoms with Gasteiger partial charge in [0, 0.05) is 13.1 Å². The number of likely N-dealkylation sites (tertiary alicyclic amines) is 1. The maximum absolute atomic E-state index is 13.0. The Labute approximate surface area is 107 Å². The zero-order valence-corrected chi connectivity index (χ0v) is 10.9. The van der Waals surface area contributed by atoms with Crippen LogP contribution in [-0.2, 0) is 0 Å². The Morgan fingerprint density at radius 3 is 2.72 bits per heavy atom. The molecule has 0 N–H and O–H groups in total. The number of carbonyl (C=O) groups excluding carboxylic acids is 1. The van der Waals surface area contributed by atoms with Crippen molar-refractivity contribution >= 4 is 5.91 Å². The molecule has 0 atom stereocenters. The number of carbonyl (C=O) groups is 1. The van der Waals surface area contributed by atoms with E-state index in [0.29, 0.717) is 0 Å². The van der Waals surface area contributed by atoms with Gasteiger partial charge in [-0.25, -0.2) is 4.98 Å². The molecule has 1 saturated heterocycles. The van der Waals surface area contributed by atoms with Gasteiger partial charge in [0.15, 0.2) is 0 Å². The van der Waals surface area contributed by atoms with Gasteiger partial charge in [0.2, 0.25) is 5.95 Å². The van der Waals surface area contributed by atoms with Gasteiger partial charge < -0.3 is 4.90 Å². The average molecular weight is 250 g/mol. The Hall–Kier alpha value is -1.45. The fourth-order valence-electron chi connectivity index (χ4n) is 2.63. The maximum Gasteiger partial charge on any atom is 0.272 e. The lowest BCUT2D eigenvalue weighted by atomic mass is 9.82. The van der Waals surface area contributed by atoms with E-state index in [1.165, 1.54) is 12.1 Å². The summed E-state index contributed by atoms with van der Waals surface area (Å²) < 4.78 is 13.0. The summed E-state index contributed by atoms with van der Waals surface area (Å²) >= 11 is 0. The van der Waals surface area contributed by atoms with E-state index in [1.54, 1.807) is 11.0 Å². The Bertz CT molecular complexity index is 443. The van der Waals surface area contributed by atoms with Crippen LogP contribution in [0.25, 0.3) is 0 Å². The lowest BCUT2D eigenvalue weighted by Gasteiger charge is -2.26. The first-order chi connectivity index (χ1) is 8.60. The summed E-state index contributed by atoms with van der Waals surface area (Å²) in [7, 11) is 0. The second kappa shape index (κ2) is 5.04. The number of halogens is 1. The highest BCUT2D eigenvalue weighted by molar-refractivity contribution is 5.92. The smallest absolute Gasteiger partial charge is 0.272 e. The largest absolute Gasteiger partial charge is 0.337 e. The van der Waals surface area contributed by atoms with Crippen LogP contribution in [0.5, 0.6) is 0 Å². The molecule has 2 heterocycles. The standard InChI is InChI=1S/C14H19FN2O/c1-3-14(4-2)8-9-17(10-14)13(18)11-6-5-7-12(15)16-11/h5-7H,3-4,8-10H2,1-2H3. The van der Waals surface area contributed by atoms with Crippen LogP contribution >= 0.6 is 0 Å². The number of nitrogens with zero attached hydrogens (tertiary/aromatic N) is 2. The number of aromatic nitrogens is 1. The van der Waals surface area contributed by atoms with Gasteiger partial charge in [-0.05, 0) is 36.8 Å². The Kier molecular flexibility index (Phi) is 3.64. The number of amides is 1. The maximum atomic E-state index is 13.0. The first-order valence-electron chi connectivity index (χ1n) is 6.52. The molecule has 0 spiro atoms. The Morgan fingerprint density at radius 1 is 1.44 bits per heavy atom. The normalized spacial score (nSPS) is 18.1. The van der Waals surface area contributed by atoms with Crippen molar-refractivity contribution in [3.8, 4) is 0 Å². The van der Waals surface area contributed by atoms with Gasteiger partial charge in [0.05, 0.1) is 0 Å². The summed E-state index contributed by atoms with van der Waals surface area (Å²) in [6, 6.07) is 4.35. The zero-order chi connectivity index (χ0) is 13.2. The summed E-state index contributed by atoms with van der Waals surface area (Å²) in [6.07, 6.45) is 3.18. The lowest BCUT2D eigenvalue weighted by molar-refractivity contribution is 0.0763. The topological polar surface area (TPSA) is 33.2 Å². The summed E-state index contributed by atoms with van der Waals surface area (Å²) in [5.74, 6) is -0.754. The van der Waals surface area contributed by atoms with Gasteiger partial charge in [-0.2, -0.15) is 4.39 Å². The fourth-order valence-corrected chi connectivity index (χ4v) is 2.63. The van der Waals surface area contributed by atoms with E-state index >= 15 is 0 Å². The molecule has 1 aliphatic rings. The van der Waals surface area contributed by atoms with Crippen molar-refractivity contribution < 1.29 is 9.18 Å². The second-order valence-corrected chi connectivity index (χ2v) is 5.03. The van der Waals surface area contributed by atoms with E-state index in [4.69, 9.17) is 0 Å². The SMILES string of the molecule is CCC1(CC)CCN(C(=O)c2cccc(F)n2)C1. The molecule has 1 aromatic rings. The zero-order valence-electron chi connectivity index (χ0n) is 10.9. The molecule has 1 aromatic heterocycles. The van der Waals surface area contributed by atoms with Crippen LogP contribution in [0, 0.1) is 11.4 Å². The van der Waals surface area contributed by atoms with Crippen molar-refractivity contribution in [2.45, 2.75) is 33.1 Å². The minimum atomic E-state index is -0.600. The molecular weight excluding hydrogens is 231 g/mol. The van der Waals surface area contributed by atoms with E-state index in [-0.39, 0.29) is 17.0 Å². The third kappa shape index (κ3) is 2.37. The van der Waals surface area contributed by atoms with Crippen molar-refractivity contribution in [2.75, 3.05) is 13.1 Å². The number of pyridine rings is 1. The van der Waals surface area contributed by atoms with Crippen LogP contribution in [0.3, 0.4) is 0 Å². The van der Waals surface area contributed by atoms with E-state index in [9.17, 15) is 9.18 Å². The second-order valence-electron chi connectivity index (χ2n) is 5.03. The van der Waals surface area contributed by atoms with Crippen molar-refractivity contribution in [2.24, 2.45) is 5.41 Å². The first kappa shape index (κ1) is 13.0. The first-order valence-corrected chi connectivity index (χ1v) is 6.52. The molecule has 2 rings (SSSR count). The van der Waals surface area contributed by atoms with Gasteiger partial charge >= 0.3 is 0 Å². The minimum Gasteiger partial charge on any atom is -0.337 e. The summed E-state index contributed by atoms with van der Waals surface area (Å²) in [6.45, 7) is 5.84. The monoisotopic (exact) mass is 250 g/mol. The third-order valence-electron chi connectivity index (χ3n) is 4.16. The predicted molar refractivity (Wildman–Crippen MR) is 67.7 cm³/mol. The highest BCUT2D eigenvalue weighted by Crippen LogP contribution is 2.37. The van der Waals surface area contributed by atoms with Crippen molar-refractivity contribution in [3.05, 3.63) is 29.8 Å². The molecule has 1 aliphatic heterocycles. The van der Waals surface area contributed by atoms with Gasteiger partial charge in [0.1, 0.15) is 5.69 Å². The number of rotatable bonds is 3. The van der Waals surface area contributed by atoms with Crippen molar-refractivity contribution in [1.29, 1.82) is 0 Å². The van der Waals surface area contributed by atoms with Crippen LogP contribution in [0.4, 0.5) is 4.39 Å². The van der Waals surface area contributed by atoms with Crippen LogP contribution in [0.2, 0.25) is 0 Å². The molecule has 0 bridgehead atoms. The van der Waals surface area contributed by atoms with Crippen molar-refractivity contribution in [3.63, 3.8) is 0 Å². The van der Waals surface area contributed by atoms with Crippen LogP contribution in [0.1, 0.15) is 43.6 Å². The quantitative estimate of drug-likeness (QED) is 0.773. The average Bonchev–Trinajstić information content (AvgIpc) is 2.83. The molecule has 18 heavy (non-hydrogen) atoms. The molecule has 1 fully saturated rings.